The SMILES string of the molecule is Cc1ccc(C(=O)NCc2nnc(SCC(=O)Nc3ccc4ccccc4c3)n2C)cc1. The average molecular weight is 446 g/mol. The van der Waals surface area contributed by atoms with E-state index in [0.717, 1.165) is 22.0 Å². The summed E-state index contributed by atoms with van der Waals surface area (Å²) in [6.07, 6.45) is 0. The van der Waals surface area contributed by atoms with Crippen molar-refractivity contribution in [2.75, 3.05) is 11.1 Å². The molecule has 8 heteroatoms. The van der Waals surface area contributed by atoms with E-state index in [9.17, 15) is 9.59 Å². The summed E-state index contributed by atoms with van der Waals surface area (Å²) in [5, 5.41) is 16.9. The molecule has 0 saturated carbocycles. The summed E-state index contributed by atoms with van der Waals surface area (Å²) in [7, 11) is 1.82. The Bertz CT molecular complexity index is 1270. The van der Waals surface area contributed by atoms with Gasteiger partial charge in [0.05, 0.1) is 12.3 Å². The van der Waals surface area contributed by atoms with Crippen LogP contribution in [0.15, 0.2) is 71.9 Å². The van der Waals surface area contributed by atoms with Crippen molar-refractivity contribution in [3.8, 4) is 0 Å². The minimum Gasteiger partial charge on any atom is -0.345 e. The fourth-order valence-electron chi connectivity index (χ4n) is 3.19. The minimum absolute atomic E-state index is 0.123. The fraction of sp³-hybridized carbons (Fsp3) is 0.167. The Balaban J connectivity index is 1.30. The van der Waals surface area contributed by atoms with E-state index in [0.29, 0.717) is 16.5 Å². The van der Waals surface area contributed by atoms with Crippen LogP contribution in [-0.4, -0.2) is 32.3 Å². The maximum absolute atomic E-state index is 12.4. The fourth-order valence-corrected chi connectivity index (χ4v) is 3.92. The van der Waals surface area contributed by atoms with E-state index in [4.69, 9.17) is 0 Å². The van der Waals surface area contributed by atoms with E-state index in [-0.39, 0.29) is 24.1 Å². The first kappa shape index (κ1) is 21.6. The zero-order valence-electron chi connectivity index (χ0n) is 17.8. The van der Waals surface area contributed by atoms with Gasteiger partial charge in [-0.1, -0.05) is 59.8 Å². The number of carbonyl (C=O) groups excluding carboxylic acids is 2. The normalized spacial score (nSPS) is 10.8. The van der Waals surface area contributed by atoms with E-state index in [1.54, 1.807) is 16.7 Å². The van der Waals surface area contributed by atoms with Crippen molar-refractivity contribution in [2.24, 2.45) is 7.05 Å². The highest BCUT2D eigenvalue weighted by Gasteiger charge is 2.13. The van der Waals surface area contributed by atoms with Gasteiger partial charge in [0, 0.05) is 18.3 Å². The number of fused-ring (bicyclic) bond motifs is 1. The Hall–Kier alpha value is -3.65. The van der Waals surface area contributed by atoms with E-state index in [2.05, 4.69) is 20.8 Å². The van der Waals surface area contributed by atoms with Crippen molar-refractivity contribution in [3.05, 3.63) is 83.7 Å². The molecule has 0 atom stereocenters. The summed E-state index contributed by atoms with van der Waals surface area (Å²) < 4.78 is 1.78. The second-order valence-corrected chi connectivity index (χ2v) is 8.35. The molecular weight excluding hydrogens is 422 g/mol. The van der Waals surface area contributed by atoms with E-state index in [1.807, 2.05) is 68.6 Å². The van der Waals surface area contributed by atoms with Gasteiger partial charge < -0.3 is 15.2 Å². The van der Waals surface area contributed by atoms with Gasteiger partial charge in [0.2, 0.25) is 5.91 Å². The second kappa shape index (κ2) is 9.65. The molecule has 162 valence electrons. The molecule has 0 fully saturated rings. The topological polar surface area (TPSA) is 88.9 Å². The van der Waals surface area contributed by atoms with Gasteiger partial charge in [0.15, 0.2) is 11.0 Å². The Morgan fingerprint density at radius 3 is 2.50 bits per heavy atom. The Morgan fingerprint density at radius 2 is 1.72 bits per heavy atom. The first-order valence-corrected chi connectivity index (χ1v) is 11.1. The monoisotopic (exact) mass is 445 g/mol. The lowest BCUT2D eigenvalue weighted by Gasteiger charge is -2.07. The largest absolute Gasteiger partial charge is 0.345 e. The molecule has 2 N–H and O–H groups in total. The van der Waals surface area contributed by atoms with Crippen molar-refractivity contribution < 1.29 is 9.59 Å². The van der Waals surface area contributed by atoms with Crippen molar-refractivity contribution in [1.82, 2.24) is 20.1 Å². The van der Waals surface area contributed by atoms with Gasteiger partial charge in [0.25, 0.3) is 5.91 Å². The number of nitrogens with zero attached hydrogens (tertiary/aromatic N) is 3. The smallest absolute Gasteiger partial charge is 0.251 e. The van der Waals surface area contributed by atoms with Crippen LogP contribution in [0.25, 0.3) is 10.8 Å². The number of thioether (sulfide) groups is 1. The number of nitrogens with one attached hydrogen (secondary N) is 2. The van der Waals surface area contributed by atoms with Crippen LogP contribution < -0.4 is 10.6 Å². The molecule has 32 heavy (non-hydrogen) atoms. The molecule has 4 aromatic rings. The number of benzene rings is 3. The molecule has 0 aliphatic carbocycles. The van der Waals surface area contributed by atoms with Gasteiger partial charge in [-0.2, -0.15) is 0 Å². The first-order chi connectivity index (χ1) is 15.5. The number of aryl methyl sites for hydroxylation is 1. The predicted molar refractivity (Wildman–Crippen MR) is 127 cm³/mol. The molecule has 2 amide bonds. The highest BCUT2D eigenvalue weighted by atomic mass is 32.2. The number of rotatable bonds is 7. The molecule has 7 nitrogen and oxygen atoms in total. The lowest BCUT2D eigenvalue weighted by Crippen LogP contribution is -2.24. The lowest BCUT2D eigenvalue weighted by molar-refractivity contribution is -0.113. The third-order valence-corrected chi connectivity index (χ3v) is 6.03. The summed E-state index contributed by atoms with van der Waals surface area (Å²) >= 11 is 1.30. The number of anilines is 1. The zero-order chi connectivity index (χ0) is 22.5. The van der Waals surface area contributed by atoms with Crippen LogP contribution in [0.1, 0.15) is 21.7 Å². The molecular formula is C24H23N5O2S. The van der Waals surface area contributed by atoms with Crippen LogP contribution in [0.5, 0.6) is 0 Å². The van der Waals surface area contributed by atoms with E-state index >= 15 is 0 Å². The van der Waals surface area contributed by atoms with Gasteiger partial charge in [-0.3, -0.25) is 9.59 Å². The predicted octanol–water partition coefficient (Wildman–Crippen LogP) is 3.94. The number of amides is 2. The van der Waals surface area contributed by atoms with Crippen LogP contribution in [0.4, 0.5) is 5.69 Å². The van der Waals surface area contributed by atoms with Crippen molar-refractivity contribution in [1.29, 1.82) is 0 Å². The summed E-state index contributed by atoms with van der Waals surface area (Å²) in [4.78, 5) is 24.7. The van der Waals surface area contributed by atoms with Crippen LogP contribution >= 0.6 is 11.8 Å². The zero-order valence-corrected chi connectivity index (χ0v) is 18.6. The van der Waals surface area contributed by atoms with Gasteiger partial charge in [0.1, 0.15) is 0 Å². The Morgan fingerprint density at radius 1 is 0.969 bits per heavy atom. The summed E-state index contributed by atoms with van der Waals surface area (Å²) in [5.41, 5.74) is 2.45. The summed E-state index contributed by atoms with van der Waals surface area (Å²) in [6, 6.07) is 21.2. The molecule has 0 unspecified atom stereocenters. The molecule has 1 aromatic heterocycles. The molecule has 4 rings (SSSR count). The van der Waals surface area contributed by atoms with Crippen LogP contribution in [0, 0.1) is 6.92 Å². The molecule has 0 radical (unpaired) electrons. The molecule has 0 saturated heterocycles. The number of hydrogen-bond donors (Lipinski definition) is 2. The average Bonchev–Trinajstić information content (AvgIpc) is 3.15. The van der Waals surface area contributed by atoms with Gasteiger partial charge in [-0.05, 0) is 42.0 Å². The van der Waals surface area contributed by atoms with Crippen LogP contribution in [0.3, 0.4) is 0 Å². The van der Waals surface area contributed by atoms with Crippen molar-refractivity contribution >= 4 is 40.0 Å². The maximum Gasteiger partial charge on any atom is 0.251 e. The summed E-state index contributed by atoms with van der Waals surface area (Å²) in [5.74, 6) is 0.525. The second-order valence-electron chi connectivity index (χ2n) is 7.41. The molecule has 0 bridgehead atoms. The molecule has 0 spiro atoms. The van der Waals surface area contributed by atoms with Crippen molar-refractivity contribution in [2.45, 2.75) is 18.6 Å². The molecule has 3 aromatic carbocycles. The third kappa shape index (κ3) is 5.15. The minimum atomic E-state index is -0.169. The lowest BCUT2D eigenvalue weighted by atomic mass is 10.1. The standard InChI is InChI=1S/C24H23N5O2S/c1-16-7-9-18(10-8-16)23(31)25-14-21-27-28-24(29(21)2)32-15-22(30)26-20-12-11-17-5-3-4-6-19(17)13-20/h3-13H,14-15H2,1-2H3,(H,25,31)(H,26,30). The summed E-state index contributed by atoms with van der Waals surface area (Å²) in [6.45, 7) is 2.22. The number of aromatic nitrogens is 3. The van der Waals surface area contributed by atoms with Crippen LogP contribution in [-0.2, 0) is 18.4 Å². The first-order valence-electron chi connectivity index (χ1n) is 10.1. The quantitative estimate of drug-likeness (QED) is 0.421. The van der Waals surface area contributed by atoms with Gasteiger partial charge in [-0.15, -0.1) is 10.2 Å². The number of hydrogen-bond acceptors (Lipinski definition) is 5. The van der Waals surface area contributed by atoms with Crippen molar-refractivity contribution in [3.63, 3.8) is 0 Å². The van der Waals surface area contributed by atoms with Gasteiger partial charge >= 0.3 is 0 Å². The highest BCUT2D eigenvalue weighted by Crippen LogP contribution is 2.20. The maximum atomic E-state index is 12.4. The third-order valence-electron chi connectivity index (χ3n) is 5.01. The van der Waals surface area contributed by atoms with E-state index in [1.165, 1.54) is 11.8 Å². The molecule has 1 heterocycles. The Kier molecular flexibility index (Phi) is 6.51. The van der Waals surface area contributed by atoms with Crippen LogP contribution in [0.2, 0.25) is 0 Å². The molecule has 0 aliphatic rings. The van der Waals surface area contributed by atoms with E-state index < -0.39 is 0 Å². The molecule has 0 aliphatic heterocycles. The Labute approximate surface area is 190 Å². The van der Waals surface area contributed by atoms with Gasteiger partial charge in [-0.25, -0.2) is 0 Å². The highest BCUT2D eigenvalue weighted by molar-refractivity contribution is 7.99. The number of carbonyl (C=O) groups is 2.